The molecule has 1 atom stereocenters. The smallest absolute Gasteiger partial charge is 0.389 e. The Morgan fingerprint density at radius 3 is 1.81 bits per heavy atom. The van der Waals surface area contributed by atoms with Crippen LogP contribution in [-0.4, -0.2) is 28.8 Å². The van der Waals surface area contributed by atoms with Crippen LogP contribution in [-0.2, 0) is 11.0 Å². The van der Waals surface area contributed by atoms with Crippen molar-refractivity contribution in [1.29, 1.82) is 0 Å². The van der Waals surface area contributed by atoms with E-state index in [9.17, 15) is 22.8 Å². The Kier molecular flexibility index (Phi) is 7.99. The lowest BCUT2D eigenvalue weighted by Crippen LogP contribution is -2.46. The fourth-order valence-corrected chi connectivity index (χ4v) is 2.89. The van der Waals surface area contributed by atoms with Gasteiger partial charge in [-0.15, -0.1) is 0 Å². The van der Waals surface area contributed by atoms with Crippen molar-refractivity contribution >= 4 is 11.6 Å². The summed E-state index contributed by atoms with van der Waals surface area (Å²) in [7, 11) is 0. The Hall–Kier alpha value is -3.39. The molecule has 0 fully saturated rings. The molecule has 2 aromatic rings. The second-order valence-corrected chi connectivity index (χ2v) is 7.78. The summed E-state index contributed by atoms with van der Waals surface area (Å²) in [4.78, 5) is 24.4. The first-order valence-corrected chi connectivity index (χ1v) is 9.67. The van der Waals surface area contributed by atoms with Crippen LogP contribution in [0.15, 0.2) is 48.5 Å². The summed E-state index contributed by atoms with van der Waals surface area (Å²) in [6, 6.07) is 10.8. The maximum absolute atomic E-state index is 12.5. The summed E-state index contributed by atoms with van der Waals surface area (Å²) in [5.41, 5.74) is 5.66. The lowest BCUT2D eigenvalue weighted by Gasteiger charge is -2.28. The van der Waals surface area contributed by atoms with Crippen molar-refractivity contribution in [2.75, 3.05) is 6.61 Å². The molecule has 0 saturated heterocycles. The highest BCUT2D eigenvalue weighted by molar-refractivity contribution is 5.99. The van der Waals surface area contributed by atoms with Crippen molar-refractivity contribution in [3.63, 3.8) is 0 Å². The van der Waals surface area contributed by atoms with E-state index >= 15 is 0 Å². The number of ketones is 2. The van der Waals surface area contributed by atoms with Gasteiger partial charge in [-0.2, -0.15) is 13.2 Å². The van der Waals surface area contributed by atoms with Crippen molar-refractivity contribution in [2.24, 2.45) is 11.7 Å². The van der Waals surface area contributed by atoms with Gasteiger partial charge in [0.05, 0.1) is 5.56 Å². The fraction of sp³-hybridized carbons (Fsp3) is 0.280. The molecule has 0 amide bonds. The Morgan fingerprint density at radius 1 is 0.938 bits per heavy atom. The van der Waals surface area contributed by atoms with Gasteiger partial charge in [-0.05, 0) is 62.1 Å². The average molecular weight is 441 g/mol. The van der Waals surface area contributed by atoms with E-state index in [2.05, 4.69) is 23.7 Å². The number of hydrogen-bond acceptors (Lipinski definition) is 4. The molecule has 0 aliphatic heterocycles. The van der Waals surface area contributed by atoms with Gasteiger partial charge in [0, 0.05) is 34.6 Å². The van der Waals surface area contributed by atoms with Crippen molar-refractivity contribution < 1.29 is 27.9 Å². The second kappa shape index (κ2) is 10.3. The molecule has 0 aliphatic rings. The van der Waals surface area contributed by atoms with Crippen LogP contribution in [0.25, 0.3) is 0 Å². The van der Waals surface area contributed by atoms with E-state index in [0.29, 0.717) is 16.7 Å². The van der Waals surface area contributed by atoms with Gasteiger partial charge in [0.15, 0.2) is 11.6 Å². The van der Waals surface area contributed by atoms with Crippen molar-refractivity contribution in [1.82, 2.24) is 0 Å². The van der Waals surface area contributed by atoms with Crippen LogP contribution in [0.5, 0.6) is 0 Å². The topological polar surface area (TPSA) is 80.4 Å². The van der Waals surface area contributed by atoms with E-state index in [-0.39, 0.29) is 12.2 Å². The number of Topliss-reactive ketones (excluding diaryl/α,β-unsaturated/α-hetero) is 2. The molecule has 3 N–H and O–H groups in total. The number of rotatable bonds is 6. The molecule has 0 aromatic heterocycles. The highest BCUT2D eigenvalue weighted by Crippen LogP contribution is 2.29. The number of aliphatic hydroxyl groups excluding tert-OH is 1. The molecule has 0 radical (unpaired) electrons. The molecule has 0 saturated carbocycles. The van der Waals surface area contributed by atoms with Crippen molar-refractivity contribution in [3.05, 3.63) is 70.8 Å². The molecule has 2 rings (SSSR count). The fourth-order valence-electron chi connectivity index (χ4n) is 2.89. The molecule has 0 spiro atoms. The quantitative estimate of drug-likeness (QED) is 0.530. The van der Waals surface area contributed by atoms with E-state index in [1.54, 1.807) is 38.1 Å². The summed E-state index contributed by atoms with van der Waals surface area (Å²) in [6.07, 6.45) is -4.51. The van der Waals surface area contributed by atoms with Gasteiger partial charge in [-0.25, -0.2) is 0 Å². The van der Waals surface area contributed by atoms with Crippen LogP contribution >= 0.6 is 0 Å². The summed E-state index contributed by atoms with van der Waals surface area (Å²) in [5, 5.41) is 9.12. The maximum atomic E-state index is 12.5. The van der Waals surface area contributed by atoms with E-state index in [0.717, 1.165) is 12.1 Å². The number of halogens is 3. The first-order chi connectivity index (χ1) is 14.9. The van der Waals surface area contributed by atoms with Crippen LogP contribution in [0.2, 0.25) is 0 Å². The van der Waals surface area contributed by atoms with E-state index in [1.807, 2.05) is 0 Å². The first-order valence-electron chi connectivity index (χ1n) is 9.67. The minimum atomic E-state index is -4.39. The summed E-state index contributed by atoms with van der Waals surface area (Å²) in [5.74, 6) is 9.06. The molecule has 166 valence electrons. The van der Waals surface area contributed by atoms with Gasteiger partial charge in [0.1, 0.15) is 6.61 Å². The number of carbonyl (C=O) groups is 2. The molecule has 4 nitrogen and oxygen atoms in total. The summed E-state index contributed by atoms with van der Waals surface area (Å²) < 4.78 is 37.6. The second-order valence-electron chi connectivity index (χ2n) is 7.78. The standard InChI is InChI=1S/C25H22F3NO3/c1-24(2,29)21(23(32)16-30)15-22(31)19-11-7-17(8-12-19)5-3-4-6-18-9-13-20(14-10-18)25(26,27)28/h7-14,21,30H,15-16,29H2,1-2H3/t21-/m1/s1. The average Bonchev–Trinajstić information content (AvgIpc) is 2.73. The van der Waals surface area contributed by atoms with Crippen LogP contribution < -0.4 is 5.73 Å². The highest BCUT2D eigenvalue weighted by atomic mass is 19.4. The van der Waals surface area contributed by atoms with Gasteiger partial charge < -0.3 is 10.8 Å². The molecule has 2 aromatic carbocycles. The number of nitrogens with two attached hydrogens (primary N) is 1. The van der Waals surface area contributed by atoms with E-state index < -0.39 is 35.6 Å². The third-order valence-corrected chi connectivity index (χ3v) is 4.73. The molecule has 0 heterocycles. The van der Waals surface area contributed by atoms with Crippen LogP contribution in [0.1, 0.15) is 47.3 Å². The summed E-state index contributed by atoms with van der Waals surface area (Å²) in [6.45, 7) is 2.58. The minimum Gasteiger partial charge on any atom is -0.389 e. The lowest BCUT2D eigenvalue weighted by atomic mass is 9.80. The molecule has 32 heavy (non-hydrogen) atoms. The number of hydrogen-bond donors (Lipinski definition) is 2. The van der Waals surface area contributed by atoms with Crippen LogP contribution in [0.3, 0.4) is 0 Å². The Balaban J connectivity index is 2.05. The molecular formula is C25H22F3NO3. The van der Waals surface area contributed by atoms with E-state index in [4.69, 9.17) is 10.8 Å². The number of alkyl halides is 3. The van der Waals surface area contributed by atoms with Gasteiger partial charge >= 0.3 is 6.18 Å². The Morgan fingerprint density at radius 2 is 1.41 bits per heavy atom. The number of aliphatic hydroxyl groups is 1. The highest BCUT2D eigenvalue weighted by Gasteiger charge is 2.33. The SMILES string of the molecule is CC(C)(N)[C@H](CC(=O)c1ccc(C#CC#Cc2ccc(C(F)(F)F)cc2)cc1)C(=O)CO. The number of benzene rings is 2. The minimum absolute atomic E-state index is 0.119. The number of carbonyl (C=O) groups excluding carboxylic acids is 2. The van der Waals surface area contributed by atoms with Crippen molar-refractivity contribution in [2.45, 2.75) is 32.0 Å². The third kappa shape index (κ3) is 7.09. The van der Waals surface area contributed by atoms with Gasteiger partial charge in [0.25, 0.3) is 0 Å². The molecule has 0 bridgehead atoms. The largest absolute Gasteiger partial charge is 0.416 e. The van der Waals surface area contributed by atoms with Crippen LogP contribution in [0.4, 0.5) is 13.2 Å². The molecular weight excluding hydrogens is 419 g/mol. The normalized spacial score (nSPS) is 12.1. The van der Waals surface area contributed by atoms with E-state index in [1.165, 1.54) is 12.1 Å². The predicted octanol–water partition coefficient (Wildman–Crippen LogP) is 3.60. The zero-order valence-corrected chi connectivity index (χ0v) is 17.6. The predicted molar refractivity (Wildman–Crippen MR) is 114 cm³/mol. The Bertz CT molecular complexity index is 1090. The summed E-state index contributed by atoms with van der Waals surface area (Å²) >= 11 is 0. The molecule has 0 aliphatic carbocycles. The van der Waals surface area contributed by atoms with Crippen LogP contribution in [0, 0.1) is 29.6 Å². The zero-order valence-electron chi connectivity index (χ0n) is 17.6. The maximum Gasteiger partial charge on any atom is 0.416 e. The lowest BCUT2D eigenvalue weighted by molar-refractivity contribution is -0.137. The van der Waals surface area contributed by atoms with Crippen molar-refractivity contribution in [3.8, 4) is 23.7 Å². The zero-order chi connectivity index (χ0) is 23.9. The third-order valence-electron chi connectivity index (χ3n) is 4.73. The molecule has 7 heteroatoms. The van der Waals surface area contributed by atoms with Gasteiger partial charge in [-0.3, -0.25) is 9.59 Å². The monoisotopic (exact) mass is 441 g/mol. The van der Waals surface area contributed by atoms with Gasteiger partial charge in [0.2, 0.25) is 0 Å². The molecule has 0 unspecified atom stereocenters. The first kappa shape index (κ1) is 24.9. The Labute approximate surface area is 184 Å². The van der Waals surface area contributed by atoms with Gasteiger partial charge in [-0.1, -0.05) is 24.0 Å².